The number of aromatic nitrogens is 3. The summed E-state index contributed by atoms with van der Waals surface area (Å²) in [5.41, 5.74) is 2.03. The molecule has 0 aliphatic heterocycles. The zero-order chi connectivity index (χ0) is 19.2. The number of thioether (sulfide) groups is 1. The molecule has 0 unspecified atom stereocenters. The second-order valence-corrected chi connectivity index (χ2v) is 7.22. The van der Waals surface area contributed by atoms with Gasteiger partial charge in [0.1, 0.15) is 5.25 Å². The van der Waals surface area contributed by atoms with E-state index in [1.165, 1.54) is 11.8 Å². The summed E-state index contributed by atoms with van der Waals surface area (Å²) in [6, 6.07) is 11.7. The van der Waals surface area contributed by atoms with Crippen LogP contribution in [0.1, 0.15) is 32.3 Å². The van der Waals surface area contributed by atoms with Gasteiger partial charge in [-0.05, 0) is 44.0 Å². The average Bonchev–Trinajstić information content (AvgIpc) is 3.31. The molecule has 2 heterocycles. The Morgan fingerprint density at radius 2 is 2.04 bits per heavy atom. The van der Waals surface area contributed by atoms with Gasteiger partial charge in [-0.2, -0.15) is 0 Å². The molecule has 0 amide bonds. The number of rotatable bonds is 8. The Hall–Kier alpha value is -2.54. The second kappa shape index (κ2) is 8.90. The Kier molecular flexibility index (Phi) is 6.34. The minimum Gasteiger partial charge on any atom is -0.465 e. The van der Waals surface area contributed by atoms with Crippen molar-refractivity contribution in [2.75, 3.05) is 6.61 Å². The number of esters is 1. The summed E-state index contributed by atoms with van der Waals surface area (Å²) in [4.78, 5) is 12.4. The van der Waals surface area contributed by atoms with E-state index in [2.05, 4.69) is 10.2 Å². The summed E-state index contributed by atoms with van der Waals surface area (Å²) >= 11 is 1.38. The van der Waals surface area contributed by atoms with Gasteiger partial charge in [-0.1, -0.05) is 43.3 Å². The normalized spacial score (nSPS) is 12.1. The van der Waals surface area contributed by atoms with E-state index < -0.39 is 0 Å². The lowest BCUT2D eigenvalue weighted by atomic mass is 10.2. The fraction of sp³-hybridized carbons (Fsp3) is 0.350. The van der Waals surface area contributed by atoms with E-state index in [4.69, 9.17) is 9.15 Å². The smallest absolute Gasteiger partial charge is 0.319 e. The second-order valence-electron chi connectivity index (χ2n) is 6.05. The predicted octanol–water partition coefficient (Wildman–Crippen LogP) is 4.66. The van der Waals surface area contributed by atoms with Crippen LogP contribution in [-0.4, -0.2) is 32.6 Å². The number of carbonyl (C=O) groups excluding carboxylic acids is 1. The van der Waals surface area contributed by atoms with Gasteiger partial charge >= 0.3 is 5.97 Å². The highest BCUT2D eigenvalue weighted by atomic mass is 32.2. The molecule has 142 valence electrons. The summed E-state index contributed by atoms with van der Waals surface area (Å²) in [5, 5.41) is 9.02. The van der Waals surface area contributed by atoms with Crippen LogP contribution in [0.4, 0.5) is 0 Å². The highest BCUT2D eigenvalue weighted by molar-refractivity contribution is 8.00. The fourth-order valence-corrected chi connectivity index (χ4v) is 3.94. The van der Waals surface area contributed by atoms with Crippen LogP contribution in [0, 0.1) is 6.92 Å². The Balaban J connectivity index is 2.05. The minimum absolute atomic E-state index is 0.219. The van der Waals surface area contributed by atoms with E-state index in [0.717, 1.165) is 17.7 Å². The third kappa shape index (κ3) is 4.24. The monoisotopic (exact) mass is 385 g/mol. The van der Waals surface area contributed by atoms with E-state index in [0.29, 0.717) is 29.8 Å². The summed E-state index contributed by atoms with van der Waals surface area (Å²) in [5.74, 6) is 1.01. The molecular formula is C20H23N3O3S. The molecule has 2 aromatic heterocycles. The van der Waals surface area contributed by atoms with Crippen molar-refractivity contribution in [3.8, 4) is 17.3 Å². The van der Waals surface area contributed by atoms with Gasteiger partial charge in [-0.25, -0.2) is 0 Å². The highest BCUT2D eigenvalue weighted by Gasteiger charge is 2.26. The molecule has 6 nitrogen and oxygen atoms in total. The van der Waals surface area contributed by atoms with Crippen LogP contribution in [0.25, 0.3) is 17.3 Å². The van der Waals surface area contributed by atoms with Gasteiger partial charge in [0, 0.05) is 0 Å². The van der Waals surface area contributed by atoms with Crippen molar-refractivity contribution in [2.24, 2.45) is 0 Å². The number of nitrogens with zero attached hydrogens (tertiary/aromatic N) is 3. The molecule has 3 aromatic rings. The van der Waals surface area contributed by atoms with Crippen LogP contribution in [0.2, 0.25) is 0 Å². The van der Waals surface area contributed by atoms with Crippen LogP contribution in [0.5, 0.6) is 0 Å². The molecular weight excluding hydrogens is 362 g/mol. The van der Waals surface area contributed by atoms with E-state index in [1.54, 1.807) is 6.26 Å². The number of hydrogen-bond acceptors (Lipinski definition) is 6. The van der Waals surface area contributed by atoms with Crippen molar-refractivity contribution in [1.29, 1.82) is 0 Å². The number of aryl methyl sites for hydroxylation is 1. The molecule has 27 heavy (non-hydrogen) atoms. The molecule has 1 aromatic carbocycles. The van der Waals surface area contributed by atoms with Gasteiger partial charge in [0.25, 0.3) is 0 Å². The number of carbonyl (C=O) groups is 1. The van der Waals surface area contributed by atoms with Crippen molar-refractivity contribution in [3.05, 3.63) is 48.2 Å². The first-order valence-electron chi connectivity index (χ1n) is 9.04. The fourth-order valence-electron chi connectivity index (χ4n) is 2.79. The number of benzene rings is 1. The molecule has 3 rings (SSSR count). The highest BCUT2D eigenvalue weighted by Crippen LogP contribution is 2.33. The number of hydrogen-bond donors (Lipinski definition) is 0. The molecule has 0 aliphatic carbocycles. The summed E-state index contributed by atoms with van der Waals surface area (Å²) in [6.07, 6.45) is 3.19. The van der Waals surface area contributed by atoms with Crippen LogP contribution < -0.4 is 0 Å². The average molecular weight is 385 g/mol. The first-order valence-corrected chi connectivity index (χ1v) is 9.92. The lowest BCUT2D eigenvalue weighted by Crippen LogP contribution is -2.21. The maximum atomic E-state index is 12.4. The zero-order valence-electron chi connectivity index (χ0n) is 15.7. The van der Waals surface area contributed by atoms with Crippen molar-refractivity contribution >= 4 is 17.7 Å². The Bertz CT molecular complexity index is 890. The lowest BCUT2D eigenvalue weighted by Gasteiger charge is -2.16. The Labute approximate surface area is 162 Å². The summed E-state index contributed by atoms with van der Waals surface area (Å²) in [7, 11) is 0. The minimum atomic E-state index is -0.327. The quantitative estimate of drug-likeness (QED) is 0.415. The molecule has 1 atom stereocenters. The van der Waals surface area contributed by atoms with Gasteiger partial charge < -0.3 is 9.15 Å². The number of ether oxygens (including phenoxy) is 1. The van der Waals surface area contributed by atoms with Crippen molar-refractivity contribution in [3.63, 3.8) is 0 Å². The van der Waals surface area contributed by atoms with Gasteiger partial charge in [0.15, 0.2) is 10.9 Å². The van der Waals surface area contributed by atoms with Gasteiger partial charge in [0.05, 0.1) is 18.6 Å². The van der Waals surface area contributed by atoms with E-state index in [1.807, 2.05) is 61.7 Å². The third-order valence-corrected chi connectivity index (χ3v) is 5.27. The lowest BCUT2D eigenvalue weighted by molar-refractivity contribution is -0.142. The standard InChI is InChI=1S/C20H23N3O3S/c1-4-9-17(19(24)25-5-2)27-20-22-21-18(16-12-8-13-26-16)23(20)15-11-7-6-10-14(15)3/h6-8,10-13,17H,4-5,9H2,1-3H3/t17-/m1/s1. The van der Waals surface area contributed by atoms with Crippen LogP contribution in [0.3, 0.4) is 0 Å². The van der Waals surface area contributed by atoms with E-state index >= 15 is 0 Å². The number of para-hydroxylation sites is 1. The predicted molar refractivity (Wildman–Crippen MR) is 105 cm³/mol. The molecule has 0 bridgehead atoms. The molecule has 0 fully saturated rings. The summed E-state index contributed by atoms with van der Waals surface area (Å²) < 4.78 is 12.7. The van der Waals surface area contributed by atoms with E-state index in [9.17, 15) is 4.79 Å². The van der Waals surface area contributed by atoms with Crippen LogP contribution in [-0.2, 0) is 9.53 Å². The van der Waals surface area contributed by atoms with Gasteiger partial charge in [0.2, 0.25) is 5.82 Å². The largest absolute Gasteiger partial charge is 0.465 e. The molecule has 0 spiro atoms. The SMILES string of the molecule is CCC[C@@H](Sc1nnc(-c2ccco2)n1-c1ccccc1C)C(=O)OCC. The first-order chi connectivity index (χ1) is 13.2. The molecule has 0 saturated heterocycles. The van der Waals surface area contributed by atoms with Crippen molar-refractivity contribution < 1.29 is 13.9 Å². The molecule has 7 heteroatoms. The Morgan fingerprint density at radius 3 is 2.70 bits per heavy atom. The summed E-state index contributed by atoms with van der Waals surface area (Å²) in [6.45, 7) is 6.26. The first kappa shape index (κ1) is 19.2. The van der Waals surface area contributed by atoms with Crippen LogP contribution in [0.15, 0.2) is 52.2 Å². The molecule has 0 aliphatic rings. The molecule has 0 saturated carbocycles. The van der Waals surface area contributed by atoms with Crippen LogP contribution >= 0.6 is 11.8 Å². The van der Waals surface area contributed by atoms with Gasteiger partial charge in [-0.3, -0.25) is 9.36 Å². The maximum Gasteiger partial charge on any atom is 0.319 e. The number of furan rings is 1. The van der Waals surface area contributed by atoms with Crippen molar-refractivity contribution in [2.45, 2.75) is 44.0 Å². The third-order valence-electron chi connectivity index (χ3n) is 4.08. The van der Waals surface area contributed by atoms with E-state index in [-0.39, 0.29) is 11.2 Å². The molecule has 0 radical (unpaired) electrons. The topological polar surface area (TPSA) is 70.2 Å². The Morgan fingerprint density at radius 1 is 1.22 bits per heavy atom. The molecule has 0 N–H and O–H groups in total. The maximum absolute atomic E-state index is 12.4. The van der Waals surface area contributed by atoms with Gasteiger partial charge in [-0.15, -0.1) is 10.2 Å². The zero-order valence-corrected chi connectivity index (χ0v) is 16.5. The van der Waals surface area contributed by atoms with Crippen molar-refractivity contribution in [1.82, 2.24) is 14.8 Å².